The summed E-state index contributed by atoms with van der Waals surface area (Å²) in [6.45, 7) is 4.65. The number of hydrogen-bond acceptors (Lipinski definition) is 1. The van der Waals surface area contributed by atoms with Crippen molar-refractivity contribution in [1.82, 2.24) is 0 Å². The summed E-state index contributed by atoms with van der Waals surface area (Å²) >= 11 is 4.41. The Balaban J connectivity index is 1.95. The Morgan fingerprint density at radius 1 is 0.968 bits per heavy atom. The van der Waals surface area contributed by atoms with E-state index in [1.165, 1.54) is 61.8 Å². The molecule has 3 heteroatoms. The van der Waals surface area contributed by atoms with Crippen molar-refractivity contribution in [1.29, 1.82) is 0 Å². The first-order chi connectivity index (χ1) is 15.2. The Morgan fingerprint density at radius 2 is 1.68 bits per heavy atom. The molecule has 1 nitrogen and oxygen atoms in total. The van der Waals surface area contributed by atoms with Crippen LogP contribution in [0.15, 0.2) is 72.0 Å². The standard InChI is InChI=1S/C20H14ClO.2C4H9.Zr/c1-22-19-10-9-16(13-5-3-2-4-6-13)18-12-14-11-15(21)7-8-17(14)20(18)19;2*1-3-4-2;/h2-12H,1H3;2*1,3-4H2,2H3;. The van der Waals surface area contributed by atoms with Gasteiger partial charge in [0.25, 0.3) is 0 Å². The van der Waals surface area contributed by atoms with Crippen molar-refractivity contribution in [3.8, 4) is 0 Å². The fourth-order valence-corrected chi connectivity index (χ4v) is 15.3. The van der Waals surface area contributed by atoms with Crippen molar-refractivity contribution in [2.75, 3.05) is 7.11 Å². The van der Waals surface area contributed by atoms with Crippen LogP contribution in [0.1, 0.15) is 56.2 Å². The van der Waals surface area contributed by atoms with Gasteiger partial charge in [0.05, 0.1) is 0 Å². The van der Waals surface area contributed by atoms with Gasteiger partial charge in [0.2, 0.25) is 0 Å². The second-order valence-electron chi connectivity index (χ2n) is 8.55. The predicted octanol–water partition coefficient (Wildman–Crippen LogP) is 8.61. The summed E-state index contributed by atoms with van der Waals surface area (Å²) in [7, 11) is 1.79. The molecule has 161 valence electrons. The monoisotopic (exact) mass is 509 g/mol. The molecular formula is C28H32ClOZr. The molecule has 0 heterocycles. The molecule has 0 aromatic heterocycles. The van der Waals surface area contributed by atoms with Crippen molar-refractivity contribution >= 4 is 23.3 Å². The predicted molar refractivity (Wildman–Crippen MR) is 130 cm³/mol. The number of allylic oxidation sites excluding steroid dienone is 4. The molecule has 0 saturated carbocycles. The van der Waals surface area contributed by atoms with Gasteiger partial charge < -0.3 is 0 Å². The molecule has 1 unspecified atom stereocenters. The van der Waals surface area contributed by atoms with E-state index in [0.29, 0.717) is 0 Å². The van der Waals surface area contributed by atoms with Crippen LogP contribution in [0.4, 0.5) is 0 Å². The summed E-state index contributed by atoms with van der Waals surface area (Å²) in [5, 5.41) is 0.794. The summed E-state index contributed by atoms with van der Waals surface area (Å²) < 4.78 is 8.78. The number of methoxy groups -OCH3 is 1. The topological polar surface area (TPSA) is 9.23 Å². The molecule has 1 atom stereocenters. The molecule has 0 saturated heterocycles. The van der Waals surface area contributed by atoms with E-state index in [4.69, 9.17) is 16.3 Å². The van der Waals surface area contributed by atoms with E-state index in [-0.39, 0.29) is 3.12 Å². The van der Waals surface area contributed by atoms with Gasteiger partial charge in [0, 0.05) is 0 Å². The quantitative estimate of drug-likeness (QED) is 0.328. The van der Waals surface area contributed by atoms with Crippen LogP contribution < -0.4 is 0 Å². The summed E-state index contributed by atoms with van der Waals surface area (Å²) in [6.07, 6.45) is 12.4. The first-order valence-corrected chi connectivity index (χ1v) is 16.6. The van der Waals surface area contributed by atoms with Crippen molar-refractivity contribution in [3.63, 3.8) is 0 Å². The van der Waals surface area contributed by atoms with Crippen LogP contribution in [-0.4, -0.2) is 7.11 Å². The summed E-state index contributed by atoms with van der Waals surface area (Å²) in [6, 6.07) is 17.6. The van der Waals surface area contributed by atoms with Gasteiger partial charge in [-0.25, -0.2) is 0 Å². The Hall–Kier alpha value is -1.37. The molecule has 0 bridgehead atoms. The number of fused-ring (bicyclic) bond motifs is 3. The van der Waals surface area contributed by atoms with Gasteiger partial charge in [-0.3, -0.25) is 0 Å². The average Bonchev–Trinajstić information content (AvgIpc) is 3.18. The maximum absolute atomic E-state index is 6.40. The third kappa shape index (κ3) is 4.19. The minimum absolute atomic E-state index is 0.0384. The minimum atomic E-state index is -1.99. The zero-order chi connectivity index (χ0) is 21.8. The zero-order valence-corrected chi connectivity index (χ0v) is 22.1. The Labute approximate surface area is 200 Å². The summed E-state index contributed by atoms with van der Waals surface area (Å²) in [5.41, 5.74) is 6.69. The van der Waals surface area contributed by atoms with Crippen molar-refractivity contribution < 1.29 is 26.5 Å². The van der Waals surface area contributed by atoms with Crippen LogP contribution in [0.25, 0.3) is 11.6 Å². The van der Waals surface area contributed by atoms with Gasteiger partial charge in [0.1, 0.15) is 0 Å². The average molecular weight is 511 g/mol. The zero-order valence-electron chi connectivity index (χ0n) is 18.9. The molecule has 4 rings (SSSR count). The van der Waals surface area contributed by atoms with Crippen LogP contribution >= 0.6 is 11.6 Å². The number of rotatable bonds is 9. The van der Waals surface area contributed by atoms with Gasteiger partial charge in [-0.1, -0.05) is 0 Å². The first-order valence-electron chi connectivity index (χ1n) is 11.6. The Kier molecular flexibility index (Phi) is 7.40. The second-order valence-corrected chi connectivity index (χ2v) is 16.4. The van der Waals surface area contributed by atoms with Gasteiger partial charge in [0.15, 0.2) is 0 Å². The van der Waals surface area contributed by atoms with E-state index < -0.39 is 21.8 Å². The fraction of sp³-hybridized carbons (Fsp3) is 0.357. The van der Waals surface area contributed by atoms with Crippen LogP contribution in [0.2, 0.25) is 13.3 Å². The third-order valence-corrected chi connectivity index (χ3v) is 16.1. The van der Waals surface area contributed by atoms with E-state index in [1.807, 2.05) is 6.07 Å². The molecule has 2 aromatic carbocycles. The van der Waals surface area contributed by atoms with Crippen molar-refractivity contribution in [2.24, 2.45) is 0 Å². The first kappa shape index (κ1) is 22.8. The van der Waals surface area contributed by atoms with Gasteiger partial charge >= 0.3 is 201 Å². The van der Waals surface area contributed by atoms with Gasteiger partial charge in [-0.15, -0.1) is 0 Å². The Morgan fingerprint density at radius 3 is 2.32 bits per heavy atom. The second kappa shape index (κ2) is 10.1. The number of unbranched alkanes of at least 4 members (excludes halogenated alkanes) is 2. The van der Waals surface area contributed by atoms with Crippen LogP contribution in [0, 0.1) is 0 Å². The molecule has 0 radical (unpaired) electrons. The Bertz CT molecular complexity index is 1010. The van der Waals surface area contributed by atoms with Gasteiger partial charge in [-0.05, 0) is 0 Å². The molecular weight excluding hydrogens is 479 g/mol. The number of ether oxygens (including phenoxy) is 1. The third-order valence-electron chi connectivity index (χ3n) is 6.68. The van der Waals surface area contributed by atoms with Gasteiger partial charge in [-0.2, -0.15) is 0 Å². The van der Waals surface area contributed by atoms with E-state index in [0.717, 1.165) is 10.8 Å². The van der Waals surface area contributed by atoms with Crippen molar-refractivity contribution in [2.45, 2.75) is 50.9 Å². The van der Waals surface area contributed by atoms with E-state index in [2.05, 4.69) is 74.5 Å². The van der Waals surface area contributed by atoms with Crippen LogP contribution in [-0.2, 0) is 29.6 Å². The maximum atomic E-state index is 6.40. The van der Waals surface area contributed by atoms with E-state index in [9.17, 15) is 0 Å². The van der Waals surface area contributed by atoms with Crippen LogP contribution in [0.5, 0.6) is 0 Å². The van der Waals surface area contributed by atoms with Crippen molar-refractivity contribution in [3.05, 3.63) is 93.7 Å². The van der Waals surface area contributed by atoms with Crippen LogP contribution in [0.3, 0.4) is 0 Å². The molecule has 0 N–H and O–H groups in total. The fourth-order valence-electron chi connectivity index (χ4n) is 5.14. The number of benzene rings is 2. The number of halogens is 1. The molecule has 2 aliphatic carbocycles. The molecule has 0 fully saturated rings. The molecule has 0 spiro atoms. The van der Waals surface area contributed by atoms with E-state index >= 15 is 0 Å². The molecule has 0 aliphatic heterocycles. The molecule has 0 amide bonds. The molecule has 2 aromatic rings. The number of hydrogen-bond donors (Lipinski definition) is 0. The molecule has 2 aliphatic rings. The normalized spacial score (nSPS) is 19.2. The van der Waals surface area contributed by atoms with E-state index in [1.54, 1.807) is 7.11 Å². The SMILES string of the molecule is CCC[CH2][Zr]([CH2]CCC)[C]1(c2ccccc2)C=CC(OC)=C2C1=Cc1cc(Cl)ccc12. The summed E-state index contributed by atoms with van der Waals surface area (Å²) in [4.78, 5) is 0. The molecule has 31 heavy (non-hydrogen) atoms. The summed E-state index contributed by atoms with van der Waals surface area (Å²) in [5.74, 6) is 0.979.